The summed E-state index contributed by atoms with van der Waals surface area (Å²) in [6.07, 6.45) is -3.03. The molecule has 1 aromatic heterocycles. The fourth-order valence-corrected chi connectivity index (χ4v) is 3.68. The van der Waals surface area contributed by atoms with E-state index in [0.717, 1.165) is 10.4 Å². The number of rotatable bonds is 5. The monoisotopic (exact) mass is 496 g/mol. The van der Waals surface area contributed by atoms with E-state index in [9.17, 15) is 22.8 Å². The van der Waals surface area contributed by atoms with Crippen LogP contribution < -0.4 is 16.0 Å². The number of aliphatic imine (C=N–C) groups is 1. The number of benzene rings is 2. The fourth-order valence-electron chi connectivity index (χ4n) is 3.68. The lowest BCUT2D eigenvalue weighted by Gasteiger charge is -2.19. The van der Waals surface area contributed by atoms with Gasteiger partial charge < -0.3 is 20.9 Å². The largest absolute Gasteiger partial charge is 0.435 e. The summed E-state index contributed by atoms with van der Waals surface area (Å²) in [5.74, 6) is -1.14. The van der Waals surface area contributed by atoms with E-state index < -0.39 is 29.4 Å². The van der Waals surface area contributed by atoms with Crippen molar-refractivity contribution in [2.24, 2.45) is 10.7 Å². The molecule has 2 amide bonds. The maximum Gasteiger partial charge on any atom is 0.435 e. The van der Waals surface area contributed by atoms with Gasteiger partial charge in [0.2, 0.25) is 18.1 Å². The molecule has 0 atom stereocenters. The first-order valence-electron chi connectivity index (χ1n) is 10.5. The van der Waals surface area contributed by atoms with Gasteiger partial charge in [-0.2, -0.15) is 23.5 Å². The van der Waals surface area contributed by atoms with Crippen LogP contribution in [-0.4, -0.2) is 52.6 Å². The second-order valence-electron chi connectivity index (χ2n) is 7.82. The van der Waals surface area contributed by atoms with Crippen LogP contribution in [-0.2, 0) is 6.18 Å². The van der Waals surface area contributed by atoms with Crippen LogP contribution in [0.15, 0.2) is 59.6 Å². The van der Waals surface area contributed by atoms with Crippen LogP contribution in [0.25, 0.3) is 5.69 Å². The summed E-state index contributed by atoms with van der Waals surface area (Å²) >= 11 is 0. The molecule has 0 saturated carbocycles. The van der Waals surface area contributed by atoms with Crippen LogP contribution in [0.3, 0.4) is 0 Å². The predicted molar refractivity (Wildman–Crippen MR) is 125 cm³/mol. The zero-order valence-corrected chi connectivity index (χ0v) is 18.8. The lowest BCUT2D eigenvalue weighted by atomic mass is 10.2. The molecule has 0 bridgehead atoms. The van der Waals surface area contributed by atoms with Gasteiger partial charge in [-0.3, -0.25) is 9.59 Å². The number of primary amides is 1. The van der Waals surface area contributed by atoms with Gasteiger partial charge in [0, 0.05) is 43.1 Å². The smallest absolute Gasteiger partial charge is 0.366 e. The van der Waals surface area contributed by atoms with Crippen molar-refractivity contribution in [3.63, 3.8) is 0 Å². The molecule has 13 heteroatoms. The van der Waals surface area contributed by atoms with Crippen molar-refractivity contribution < 1.29 is 22.8 Å². The van der Waals surface area contributed by atoms with E-state index in [2.05, 4.69) is 15.4 Å². The Morgan fingerprint density at radius 3 is 2.47 bits per heavy atom. The SMILES string of the molecule is CN1CCN(c2ccc(NC(=O)c3cc(C(F)(F)F)nn3-c3cccc(C(N)=O)c3)cc2)/C1=N/C#N. The molecule has 1 saturated heterocycles. The van der Waals surface area contributed by atoms with Crippen molar-refractivity contribution in [3.05, 3.63) is 71.5 Å². The molecule has 1 aliphatic heterocycles. The van der Waals surface area contributed by atoms with Crippen molar-refractivity contribution in [2.45, 2.75) is 6.18 Å². The Labute approximate surface area is 203 Å². The third-order valence-electron chi connectivity index (χ3n) is 5.44. The van der Waals surface area contributed by atoms with Crippen molar-refractivity contribution in [1.29, 1.82) is 5.26 Å². The Morgan fingerprint density at radius 2 is 1.83 bits per heavy atom. The van der Waals surface area contributed by atoms with Crippen molar-refractivity contribution in [3.8, 4) is 11.9 Å². The Kier molecular flexibility index (Phi) is 6.35. The van der Waals surface area contributed by atoms with Crippen LogP contribution in [0.1, 0.15) is 26.5 Å². The number of nitrogens with one attached hydrogen (secondary N) is 1. The number of amides is 2. The summed E-state index contributed by atoms with van der Waals surface area (Å²) < 4.78 is 41.0. The molecule has 0 unspecified atom stereocenters. The standard InChI is InChI=1S/C23H19F3N8O2/c1-32-9-10-33(22(32)29-13-27)16-7-5-15(6-8-16)30-21(36)18-12-19(23(24,25)26)31-34(18)17-4-2-3-14(11-17)20(28)35/h2-8,11-12H,9-10H2,1H3,(H2,28,35)(H,30,36)/b29-22+. The highest BCUT2D eigenvalue weighted by Gasteiger charge is 2.36. The Hall–Kier alpha value is -4.86. The maximum absolute atomic E-state index is 13.4. The second-order valence-corrected chi connectivity index (χ2v) is 7.82. The van der Waals surface area contributed by atoms with Gasteiger partial charge in [-0.25, -0.2) is 4.68 Å². The van der Waals surface area contributed by atoms with E-state index in [-0.39, 0.29) is 11.3 Å². The highest BCUT2D eigenvalue weighted by atomic mass is 19.4. The quantitative estimate of drug-likeness (QED) is 0.522. The number of anilines is 2. The van der Waals surface area contributed by atoms with Gasteiger partial charge in [0.1, 0.15) is 5.69 Å². The number of likely N-dealkylation sites (N-methyl/N-ethyl adjacent to an activating group) is 1. The van der Waals surface area contributed by atoms with Gasteiger partial charge in [-0.15, -0.1) is 4.99 Å². The van der Waals surface area contributed by atoms with Crippen LogP contribution in [0.4, 0.5) is 24.5 Å². The number of alkyl halides is 3. The van der Waals surface area contributed by atoms with E-state index in [1.165, 1.54) is 24.3 Å². The summed E-state index contributed by atoms with van der Waals surface area (Å²) in [7, 11) is 1.81. The number of hydrogen-bond acceptors (Lipinski definition) is 5. The van der Waals surface area contributed by atoms with E-state index in [1.807, 2.05) is 16.8 Å². The molecule has 36 heavy (non-hydrogen) atoms. The number of carbonyl (C=O) groups excluding carboxylic acids is 2. The van der Waals surface area contributed by atoms with E-state index in [4.69, 9.17) is 11.0 Å². The molecule has 0 aliphatic carbocycles. The van der Waals surface area contributed by atoms with Gasteiger partial charge >= 0.3 is 6.18 Å². The Balaban J connectivity index is 1.62. The minimum Gasteiger partial charge on any atom is -0.366 e. The summed E-state index contributed by atoms with van der Waals surface area (Å²) in [6.45, 7) is 1.27. The minimum absolute atomic E-state index is 0.0466. The topological polar surface area (TPSA) is 133 Å². The van der Waals surface area contributed by atoms with Gasteiger partial charge in [-0.1, -0.05) is 6.07 Å². The molecule has 0 spiro atoms. The van der Waals surface area contributed by atoms with Gasteiger partial charge in [0.05, 0.1) is 5.69 Å². The molecule has 4 rings (SSSR count). The molecule has 10 nitrogen and oxygen atoms in total. The van der Waals surface area contributed by atoms with Crippen molar-refractivity contribution in [1.82, 2.24) is 14.7 Å². The third-order valence-corrected chi connectivity index (χ3v) is 5.44. The second kappa shape index (κ2) is 9.41. The number of nitriles is 1. The number of aromatic nitrogens is 2. The van der Waals surface area contributed by atoms with Crippen LogP contribution in [0.5, 0.6) is 0 Å². The predicted octanol–water partition coefficient (Wildman–Crippen LogP) is 2.83. The maximum atomic E-state index is 13.4. The fraction of sp³-hybridized carbons (Fsp3) is 0.174. The Morgan fingerprint density at radius 1 is 1.11 bits per heavy atom. The average Bonchev–Trinajstić information content (AvgIpc) is 3.45. The molecule has 3 aromatic rings. The molecule has 2 aromatic carbocycles. The number of halogens is 3. The van der Waals surface area contributed by atoms with Gasteiger partial charge in [-0.05, 0) is 42.5 Å². The zero-order chi connectivity index (χ0) is 26.0. The molecule has 0 radical (unpaired) electrons. The van der Waals surface area contributed by atoms with E-state index in [1.54, 1.807) is 30.5 Å². The molecule has 2 heterocycles. The lowest BCUT2D eigenvalue weighted by Crippen LogP contribution is -2.31. The molecule has 3 N–H and O–H groups in total. The summed E-state index contributed by atoms with van der Waals surface area (Å²) in [6, 6.07) is 12.6. The number of guanidine groups is 1. The number of nitrogens with two attached hydrogens (primary N) is 1. The molecule has 184 valence electrons. The number of carbonyl (C=O) groups is 2. The molecule has 1 fully saturated rings. The minimum atomic E-state index is -4.80. The number of hydrogen-bond donors (Lipinski definition) is 2. The Bertz CT molecular complexity index is 1390. The highest BCUT2D eigenvalue weighted by molar-refractivity contribution is 6.04. The van der Waals surface area contributed by atoms with Crippen molar-refractivity contribution in [2.75, 3.05) is 30.4 Å². The first-order chi connectivity index (χ1) is 17.1. The van der Waals surface area contributed by atoms with Crippen LogP contribution in [0, 0.1) is 11.5 Å². The summed E-state index contributed by atoms with van der Waals surface area (Å²) in [5.41, 5.74) is 4.76. The third kappa shape index (κ3) is 4.83. The zero-order valence-electron chi connectivity index (χ0n) is 18.8. The van der Waals surface area contributed by atoms with E-state index >= 15 is 0 Å². The van der Waals surface area contributed by atoms with Crippen LogP contribution >= 0.6 is 0 Å². The molecular formula is C23H19F3N8O2. The highest BCUT2D eigenvalue weighted by Crippen LogP contribution is 2.30. The normalized spacial score (nSPS) is 14.7. The van der Waals surface area contributed by atoms with Gasteiger partial charge in [0.25, 0.3) is 5.91 Å². The molecule has 1 aliphatic rings. The molecular weight excluding hydrogens is 477 g/mol. The van der Waals surface area contributed by atoms with Crippen LogP contribution in [0.2, 0.25) is 0 Å². The van der Waals surface area contributed by atoms with E-state index in [0.29, 0.717) is 30.8 Å². The summed E-state index contributed by atoms with van der Waals surface area (Å²) in [4.78, 5) is 32.0. The summed E-state index contributed by atoms with van der Waals surface area (Å²) in [5, 5.41) is 15.0. The van der Waals surface area contributed by atoms with Crippen molar-refractivity contribution >= 4 is 29.1 Å². The first-order valence-corrected chi connectivity index (χ1v) is 10.5. The van der Waals surface area contributed by atoms with Gasteiger partial charge in [0.15, 0.2) is 5.69 Å². The lowest BCUT2D eigenvalue weighted by molar-refractivity contribution is -0.141. The number of nitrogens with zero attached hydrogens (tertiary/aromatic N) is 6. The average molecular weight is 496 g/mol. The first kappa shape index (κ1) is 24.3.